The number of ether oxygens (including phenoxy) is 1. The van der Waals surface area contributed by atoms with Crippen LogP contribution in [0.5, 0.6) is 5.75 Å². The number of hydrogen-bond acceptors (Lipinski definition) is 7. The lowest BCUT2D eigenvalue weighted by molar-refractivity contribution is -0.136. The van der Waals surface area contributed by atoms with Crippen LogP contribution >= 0.6 is 27.3 Å². The molecule has 10 heteroatoms. The molecule has 0 saturated carbocycles. The number of carbonyl (C=O) groups excluding carboxylic acids is 2. The third-order valence-corrected chi connectivity index (χ3v) is 5.19. The van der Waals surface area contributed by atoms with Crippen molar-refractivity contribution in [1.29, 1.82) is 0 Å². The van der Waals surface area contributed by atoms with Crippen molar-refractivity contribution in [3.8, 4) is 16.3 Å². The molecule has 152 valence electrons. The second kappa shape index (κ2) is 10.4. The van der Waals surface area contributed by atoms with E-state index >= 15 is 0 Å². The van der Waals surface area contributed by atoms with Gasteiger partial charge in [-0.15, -0.1) is 10.2 Å². The lowest BCUT2D eigenvalue weighted by Crippen LogP contribution is -2.32. The number of hydrazone groups is 1. The molecule has 2 aromatic carbocycles. The van der Waals surface area contributed by atoms with E-state index in [1.165, 1.54) is 6.21 Å². The summed E-state index contributed by atoms with van der Waals surface area (Å²) in [6.45, 7) is 3.96. The predicted octanol–water partition coefficient (Wildman–Crippen LogP) is 3.62. The van der Waals surface area contributed by atoms with Gasteiger partial charge in [-0.1, -0.05) is 70.3 Å². The van der Waals surface area contributed by atoms with Crippen molar-refractivity contribution < 1.29 is 14.3 Å². The monoisotopic (exact) mass is 485 g/mol. The van der Waals surface area contributed by atoms with Crippen LogP contribution in [-0.2, 0) is 9.59 Å². The van der Waals surface area contributed by atoms with Gasteiger partial charge in [0.2, 0.25) is 5.13 Å². The third kappa shape index (κ3) is 5.82. The number of nitrogens with zero attached hydrogens (tertiary/aromatic N) is 3. The lowest BCUT2D eigenvalue weighted by atomic mass is 10.2. The molecule has 0 aliphatic heterocycles. The van der Waals surface area contributed by atoms with Crippen molar-refractivity contribution >= 4 is 50.4 Å². The Morgan fingerprint density at radius 1 is 1.17 bits per heavy atom. The van der Waals surface area contributed by atoms with Gasteiger partial charge in [0.15, 0.2) is 0 Å². The summed E-state index contributed by atoms with van der Waals surface area (Å²) in [5, 5.41) is 15.0. The van der Waals surface area contributed by atoms with E-state index in [-0.39, 0.29) is 5.13 Å². The van der Waals surface area contributed by atoms with E-state index in [2.05, 4.69) is 48.6 Å². The predicted molar refractivity (Wildman–Crippen MR) is 120 cm³/mol. The Bertz CT molecular complexity index is 1090. The highest BCUT2D eigenvalue weighted by molar-refractivity contribution is 9.10. The minimum absolute atomic E-state index is 0.216. The second-order valence-electron chi connectivity index (χ2n) is 5.71. The first-order valence-electron chi connectivity index (χ1n) is 8.63. The van der Waals surface area contributed by atoms with Gasteiger partial charge in [-0.05, 0) is 18.2 Å². The molecule has 0 aliphatic carbocycles. The summed E-state index contributed by atoms with van der Waals surface area (Å²) in [7, 11) is 0. The smallest absolute Gasteiger partial charge is 0.329 e. The van der Waals surface area contributed by atoms with Crippen molar-refractivity contribution in [3.05, 3.63) is 71.2 Å². The average Bonchev–Trinajstić information content (AvgIpc) is 3.23. The van der Waals surface area contributed by atoms with E-state index in [4.69, 9.17) is 4.74 Å². The number of nitrogens with one attached hydrogen (secondary N) is 2. The van der Waals surface area contributed by atoms with E-state index in [9.17, 15) is 9.59 Å². The van der Waals surface area contributed by atoms with Gasteiger partial charge in [0.1, 0.15) is 17.4 Å². The van der Waals surface area contributed by atoms with Crippen LogP contribution in [0.15, 0.2) is 70.8 Å². The number of rotatable bonds is 7. The zero-order valence-electron chi connectivity index (χ0n) is 15.5. The highest BCUT2D eigenvalue weighted by Crippen LogP contribution is 2.25. The van der Waals surface area contributed by atoms with Crippen molar-refractivity contribution in [2.24, 2.45) is 5.10 Å². The summed E-state index contributed by atoms with van der Waals surface area (Å²) in [6, 6.07) is 14.7. The summed E-state index contributed by atoms with van der Waals surface area (Å²) < 4.78 is 6.20. The molecule has 30 heavy (non-hydrogen) atoms. The molecule has 3 aromatic rings. The summed E-state index contributed by atoms with van der Waals surface area (Å²) in [6.07, 6.45) is 3.03. The number of benzene rings is 2. The zero-order valence-corrected chi connectivity index (χ0v) is 17.9. The van der Waals surface area contributed by atoms with E-state index < -0.39 is 11.8 Å². The highest BCUT2D eigenvalue weighted by atomic mass is 79.9. The molecule has 0 atom stereocenters. The number of aromatic nitrogens is 2. The number of amides is 2. The molecule has 0 bridgehead atoms. The normalized spacial score (nSPS) is 10.6. The van der Waals surface area contributed by atoms with E-state index in [0.717, 1.165) is 21.4 Å². The van der Waals surface area contributed by atoms with Crippen molar-refractivity contribution in [3.63, 3.8) is 0 Å². The lowest BCUT2D eigenvalue weighted by Gasteiger charge is -2.05. The van der Waals surface area contributed by atoms with E-state index in [1.807, 2.05) is 30.3 Å². The van der Waals surface area contributed by atoms with Gasteiger partial charge >= 0.3 is 11.8 Å². The first-order chi connectivity index (χ1) is 14.6. The van der Waals surface area contributed by atoms with Crippen LogP contribution in [0.2, 0.25) is 0 Å². The fourth-order valence-corrected chi connectivity index (χ4v) is 3.30. The number of halogens is 1. The third-order valence-electron chi connectivity index (χ3n) is 3.58. The van der Waals surface area contributed by atoms with E-state index in [0.29, 0.717) is 22.9 Å². The first-order valence-corrected chi connectivity index (χ1v) is 10.2. The largest absolute Gasteiger partial charge is 0.490 e. The molecule has 0 aliphatic rings. The summed E-state index contributed by atoms with van der Waals surface area (Å²) in [5.41, 5.74) is 3.71. The van der Waals surface area contributed by atoms with Crippen LogP contribution in [0.4, 0.5) is 5.13 Å². The fourth-order valence-electron chi connectivity index (χ4n) is 2.20. The molecule has 2 N–H and O–H groups in total. The van der Waals surface area contributed by atoms with Crippen molar-refractivity contribution in [2.45, 2.75) is 0 Å². The Morgan fingerprint density at radius 2 is 1.97 bits per heavy atom. The molecule has 1 heterocycles. The Kier molecular flexibility index (Phi) is 7.41. The Labute approximate surface area is 184 Å². The van der Waals surface area contributed by atoms with E-state index in [1.54, 1.807) is 24.3 Å². The van der Waals surface area contributed by atoms with Gasteiger partial charge in [-0.2, -0.15) is 5.10 Å². The minimum Gasteiger partial charge on any atom is -0.490 e. The van der Waals surface area contributed by atoms with Crippen molar-refractivity contribution in [2.75, 3.05) is 11.9 Å². The van der Waals surface area contributed by atoms with Gasteiger partial charge in [-0.25, -0.2) is 5.43 Å². The van der Waals surface area contributed by atoms with Crippen LogP contribution in [0, 0.1) is 0 Å². The second-order valence-corrected chi connectivity index (χ2v) is 7.55. The first kappa shape index (κ1) is 21.3. The maximum atomic E-state index is 12.0. The van der Waals surface area contributed by atoms with Gasteiger partial charge in [0.25, 0.3) is 0 Å². The fraction of sp³-hybridized carbons (Fsp3) is 0.0500. The maximum absolute atomic E-state index is 12.0. The molecule has 8 nitrogen and oxygen atoms in total. The number of hydrogen-bond donors (Lipinski definition) is 2. The zero-order chi connectivity index (χ0) is 21.3. The Hall–Kier alpha value is -3.37. The Morgan fingerprint density at radius 3 is 2.73 bits per heavy atom. The van der Waals surface area contributed by atoms with Crippen molar-refractivity contribution in [1.82, 2.24) is 15.6 Å². The molecule has 1 aromatic heterocycles. The molecular weight excluding hydrogens is 470 g/mol. The SMILES string of the molecule is C=CCOc1ccc(Br)c(C=NNC(=O)C(=O)Nc2nnc(-c3ccccc3)s2)c1. The van der Waals surface area contributed by atoms with Gasteiger partial charge in [0, 0.05) is 15.6 Å². The summed E-state index contributed by atoms with van der Waals surface area (Å²) in [5.74, 6) is -1.21. The summed E-state index contributed by atoms with van der Waals surface area (Å²) >= 11 is 4.55. The van der Waals surface area contributed by atoms with Crippen LogP contribution in [0.25, 0.3) is 10.6 Å². The maximum Gasteiger partial charge on any atom is 0.329 e. The molecule has 3 rings (SSSR count). The van der Waals surface area contributed by atoms with Gasteiger partial charge in [-0.3, -0.25) is 14.9 Å². The molecule has 0 saturated heterocycles. The number of carbonyl (C=O) groups is 2. The van der Waals surface area contributed by atoms with Gasteiger partial charge < -0.3 is 4.74 Å². The molecule has 0 fully saturated rings. The van der Waals surface area contributed by atoms with Crippen LogP contribution in [0.3, 0.4) is 0 Å². The molecule has 2 amide bonds. The number of anilines is 1. The summed E-state index contributed by atoms with van der Waals surface area (Å²) in [4.78, 5) is 24.0. The quantitative estimate of drug-likeness (QED) is 0.230. The Balaban J connectivity index is 1.57. The standard InChI is InChI=1S/C20H16BrN5O3S/c1-2-10-29-15-8-9-16(21)14(11-15)12-22-24-18(28)17(27)23-20-26-25-19(30-20)13-6-4-3-5-7-13/h2-9,11-12H,1,10H2,(H,24,28)(H,23,26,27). The topological polar surface area (TPSA) is 106 Å². The molecule has 0 spiro atoms. The van der Waals surface area contributed by atoms with Gasteiger partial charge in [0.05, 0.1) is 6.21 Å². The average molecular weight is 486 g/mol. The van der Waals surface area contributed by atoms with Crippen LogP contribution in [0.1, 0.15) is 5.56 Å². The minimum atomic E-state index is -0.933. The van der Waals surface area contributed by atoms with Crippen LogP contribution < -0.4 is 15.5 Å². The molecule has 0 radical (unpaired) electrons. The van der Waals surface area contributed by atoms with Crippen LogP contribution in [-0.4, -0.2) is 34.8 Å². The molecular formula is C20H16BrN5O3S. The molecule has 0 unspecified atom stereocenters. The highest BCUT2D eigenvalue weighted by Gasteiger charge is 2.16.